The number of hydrogen-bond donors (Lipinski definition) is 0. The molecule has 0 aliphatic carbocycles. The lowest BCUT2D eigenvalue weighted by molar-refractivity contribution is 0.406. The summed E-state index contributed by atoms with van der Waals surface area (Å²) in [6.45, 7) is 0. The van der Waals surface area contributed by atoms with Crippen LogP contribution < -0.4 is 4.74 Å². The lowest BCUT2D eigenvalue weighted by Crippen LogP contribution is -2.02. The maximum atomic E-state index is 13.9. The molecule has 0 heterocycles. The Labute approximate surface area is 137 Å². The van der Waals surface area contributed by atoms with Crippen LogP contribution in [0.3, 0.4) is 0 Å². The predicted octanol–water partition coefficient (Wildman–Crippen LogP) is 5.86. The van der Waals surface area contributed by atoms with Crippen LogP contribution in [0.2, 0.25) is 5.02 Å². The van der Waals surface area contributed by atoms with Crippen molar-refractivity contribution in [1.29, 1.82) is 0 Å². The quantitative estimate of drug-likeness (QED) is 0.464. The van der Waals surface area contributed by atoms with E-state index in [-0.39, 0.29) is 20.8 Å². The Hall–Kier alpha value is -0.910. The molecule has 2 rings (SSSR count). The predicted molar refractivity (Wildman–Crippen MR) is 79.7 cm³/mol. The van der Waals surface area contributed by atoms with Crippen molar-refractivity contribution in [2.24, 2.45) is 0 Å². The molecule has 1 nitrogen and oxygen atoms in total. The van der Waals surface area contributed by atoms with Crippen molar-refractivity contribution in [3.05, 3.63) is 62.3 Å². The summed E-state index contributed by atoms with van der Waals surface area (Å²) in [6.07, 6.45) is 0. The highest BCUT2D eigenvalue weighted by Gasteiger charge is 2.22. The summed E-state index contributed by atoms with van der Waals surface area (Å²) in [6, 6.07) is 4.22. The number of ether oxygens (including phenoxy) is 1. The molecule has 0 radical (unpaired) electrons. The van der Waals surface area contributed by atoms with E-state index in [1.54, 1.807) is 0 Å². The first kappa shape index (κ1) is 16.5. The normalized spacial score (nSPS) is 12.3. The molecule has 0 bridgehead atoms. The first-order valence-electron chi connectivity index (χ1n) is 5.66. The summed E-state index contributed by atoms with van der Waals surface area (Å²) in [5, 5.41) is -1.41. The van der Waals surface area contributed by atoms with Gasteiger partial charge in [-0.2, -0.15) is 0 Å². The molecule has 0 aromatic heterocycles. The van der Waals surface area contributed by atoms with Crippen LogP contribution in [-0.4, -0.2) is 7.11 Å². The van der Waals surface area contributed by atoms with E-state index in [2.05, 4.69) is 15.9 Å². The third-order valence-corrected chi connectivity index (χ3v) is 4.23. The summed E-state index contributed by atoms with van der Waals surface area (Å²) in [4.78, 5) is 0. The smallest absolute Gasteiger partial charge is 0.142 e. The fourth-order valence-electron chi connectivity index (χ4n) is 1.82. The molecule has 7 heteroatoms. The third-order valence-electron chi connectivity index (χ3n) is 2.86. The minimum atomic E-state index is -1.07. The molecule has 0 aliphatic heterocycles. The van der Waals surface area contributed by atoms with Crippen LogP contribution >= 0.6 is 39.1 Å². The van der Waals surface area contributed by atoms with Crippen LogP contribution in [0.25, 0.3) is 0 Å². The largest absolute Gasteiger partial charge is 0.496 e. The molecule has 0 saturated heterocycles. The molecule has 0 aliphatic rings. The van der Waals surface area contributed by atoms with E-state index < -0.39 is 22.8 Å². The average Bonchev–Trinajstić information content (AvgIpc) is 2.44. The van der Waals surface area contributed by atoms with Gasteiger partial charge in [0.1, 0.15) is 23.2 Å². The van der Waals surface area contributed by atoms with Crippen molar-refractivity contribution in [2.75, 3.05) is 7.11 Å². The van der Waals surface area contributed by atoms with E-state index >= 15 is 0 Å². The monoisotopic (exact) mass is 398 g/mol. The summed E-state index contributed by atoms with van der Waals surface area (Å²) in [7, 11) is 1.33. The minimum Gasteiger partial charge on any atom is -0.496 e. The standard InChI is InChI=1S/C14H8BrCl2F3O/c1-21-13-5-11(19)8(15)2-7(13)14(17)6-3-12(20)9(16)4-10(6)18/h2-5,14H,1H3. The zero-order chi connectivity index (χ0) is 15.7. The van der Waals surface area contributed by atoms with Crippen molar-refractivity contribution >= 4 is 39.1 Å². The van der Waals surface area contributed by atoms with Gasteiger partial charge >= 0.3 is 0 Å². The van der Waals surface area contributed by atoms with Gasteiger partial charge in [0.15, 0.2) is 0 Å². The molecule has 0 saturated carbocycles. The van der Waals surface area contributed by atoms with Crippen molar-refractivity contribution in [2.45, 2.75) is 5.38 Å². The second-order valence-electron chi connectivity index (χ2n) is 4.16. The second-order valence-corrected chi connectivity index (χ2v) is 5.86. The maximum Gasteiger partial charge on any atom is 0.142 e. The van der Waals surface area contributed by atoms with Crippen molar-refractivity contribution in [3.8, 4) is 5.75 Å². The van der Waals surface area contributed by atoms with Gasteiger partial charge in [-0.05, 0) is 34.1 Å². The SMILES string of the molecule is COc1cc(F)c(Br)cc1C(Cl)c1cc(F)c(Cl)cc1F. The number of alkyl halides is 1. The highest BCUT2D eigenvalue weighted by Crippen LogP contribution is 2.39. The van der Waals surface area contributed by atoms with E-state index in [1.165, 1.54) is 13.2 Å². The van der Waals surface area contributed by atoms with E-state index in [0.29, 0.717) is 5.56 Å². The highest BCUT2D eigenvalue weighted by atomic mass is 79.9. The topological polar surface area (TPSA) is 9.23 Å². The van der Waals surface area contributed by atoms with Gasteiger partial charge in [-0.3, -0.25) is 0 Å². The molecular formula is C14H8BrCl2F3O. The van der Waals surface area contributed by atoms with E-state index in [4.69, 9.17) is 27.9 Å². The van der Waals surface area contributed by atoms with Crippen LogP contribution in [0.1, 0.15) is 16.5 Å². The van der Waals surface area contributed by atoms with Gasteiger partial charge in [-0.1, -0.05) is 11.6 Å². The summed E-state index contributed by atoms with van der Waals surface area (Å²) < 4.78 is 46.1. The average molecular weight is 400 g/mol. The summed E-state index contributed by atoms with van der Waals surface area (Å²) in [5.41, 5.74) is 0.184. The van der Waals surface area contributed by atoms with Crippen LogP contribution in [0.4, 0.5) is 13.2 Å². The summed E-state index contributed by atoms with van der Waals surface area (Å²) >= 11 is 14.7. The molecule has 0 spiro atoms. The second kappa shape index (κ2) is 6.46. The molecule has 0 fully saturated rings. The Morgan fingerprint density at radius 3 is 2.29 bits per heavy atom. The molecule has 0 amide bonds. The Balaban J connectivity index is 2.57. The van der Waals surface area contributed by atoms with E-state index in [1.807, 2.05) is 0 Å². The first-order valence-corrected chi connectivity index (χ1v) is 7.27. The number of hydrogen-bond acceptors (Lipinski definition) is 1. The molecular weight excluding hydrogens is 392 g/mol. The molecule has 0 N–H and O–H groups in total. The fourth-order valence-corrected chi connectivity index (χ4v) is 2.67. The fraction of sp³-hybridized carbons (Fsp3) is 0.143. The number of methoxy groups -OCH3 is 1. The van der Waals surface area contributed by atoms with Gasteiger partial charge in [-0.15, -0.1) is 11.6 Å². The van der Waals surface area contributed by atoms with E-state index in [9.17, 15) is 13.2 Å². The van der Waals surface area contributed by atoms with Gasteiger partial charge in [0, 0.05) is 17.2 Å². The Bertz CT molecular complexity index is 694. The van der Waals surface area contributed by atoms with Crippen molar-refractivity contribution < 1.29 is 17.9 Å². The lowest BCUT2D eigenvalue weighted by atomic mass is 10.0. The molecule has 21 heavy (non-hydrogen) atoms. The van der Waals surface area contributed by atoms with Gasteiger partial charge in [0.25, 0.3) is 0 Å². The minimum absolute atomic E-state index is 0.115. The Kier molecular flexibility index (Phi) is 5.07. The number of halogens is 6. The van der Waals surface area contributed by atoms with E-state index in [0.717, 1.165) is 18.2 Å². The van der Waals surface area contributed by atoms with Gasteiger partial charge in [0.2, 0.25) is 0 Å². The number of benzene rings is 2. The Morgan fingerprint density at radius 1 is 1.00 bits per heavy atom. The molecule has 2 aromatic carbocycles. The van der Waals surface area contributed by atoms with Gasteiger partial charge < -0.3 is 4.74 Å². The van der Waals surface area contributed by atoms with Gasteiger partial charge in [-0.25, -0.2) is 13.2 Å². The Morgan fingerprint density at radius 2 is 1.67 bits per heavy atom. The molecule has 112 valence electrons. The van der Waals surface area contributed by atoms with Crippen LogP contribution in [0.5, 0.6) is 5.75 Å². The first-order chi connectivity index (χ1) is 9.85. The summed E-state index contributed by atoms with van der Waals surface area (Å²) in [5.74, 6) is -1.98. The molecule has 2 aromatic rings. The van der Waals surface area contributed by atoms with Crippen LogP contribution in [0.15, 0.2) is 28.7 Å². The maximum absolute atomic E-state index is 13.9. The zero-order valence-electron chi connectivity index (χ0n) is 10.6. The molecule has 1 atom stereocenters. The number of rotatable bonds is 3. The van der Waals surface area contributed by atoms with Gasteiger partial charge in [0.05, 0.1) is 22.0 Å². The molecule has 1 unspecified atom stereocenters. The van der Waals surface area contributed by atoms with Crippen LogP contribution in [0, 0.1) is 17.5 Å². The third kappa shape index (κ3) is 3.30. The zero-order valence-corrected chi connectivity index (χ0v) is 13.7. The van der Waals surface area contributed by atoms with Crippen molar-refractivity contribution in [1.82, 2.24) is 0 Å². The highest BCUT2D eigenvalue weighted by molar-refractivity contribution is 9.10. The van der Waals surface area contributed by atoms with Crippen LogP contribution in [-0.2, 0) is 0 Å². The lowest BCUT2D eigenvalue weighted by Gasteiger charge is -2.16. The van der Waals surface area contributed by atoms with Crippen molar-refractivity contribution in [3.63, 3.8) is 0 Å².